The number of hydrogen-bond donors (Lipinski definition) is 0. The van der Waals surface area contributed by atoms with E-state index in [0.29, 0.717) is 23.0 Å². The first kappa shape index (κ1) is 15.7. The molecule has 0 atom stereocenters. The van der Waals surface area contributed by atoms with Crippen molar-refractivity contribution in [3.63, 3.8) is 0 Å². The maximum Gasteiger partial charge on any atom is 0.308 e. The fourth-order valence-corrected chi connectivity index (χ4v) is 2.09. The van der Waals surface area contributed by atoms with Crippen LogP contribution < -0.4 is 18.9 Å². The van der Waals surface area contributed by atoms with Crippen molar-refractivity contribution in [3.05, 3.63) is 36.4 Å². The molecule has 0 saturated carbocycles. The van der Waals surface area contributed by atoms with Gasteiger partial charge >= 0.3 is 5.97 Å². The van der Waals surface area contributed by atoms with E-state index >= 15 is 0 Å². The van der Waals surface area contributed by atoms with Crippen LogP contribution >= 0.6 is 0 Å². The number of carbonyl (C=O) groups excluding carboxylic acids is 1. The SMILES string of the molecule is COc1cc(-c2cc[c]c(OC(C)=O)c2)cc(OC)c1OC. The Labute approximate surface area is 129 Å². The fourth-order valence-electron chi connectivity index (χ4n) is 2.09. The number of hydrogen-bond acceptors (Lipinski definition) is 5. The topological polar surface area (TPSA) is 54.0 Å². The summed E-state index contributed by atoms with van der Waals surface area (Å²) in [7, 11) is 4.67. The molecule has 0 heterocycles. The van der Waals surface area contributed by atoms with Crippen LogP contribution in [0.3, 0.4) is 0 Å². The molecule has 22 heavy (non-hydrogen) atoms. The summed E-state index contributed by atoms with van der Waals surface area (Å²) in [5.74, 6) is 1.60. The number of ether oxygens (including phenoxy) is 4. The Balaban J connectivity index is 2.50. The van der Waals surface area contributed by atoms with Gasteiger partial charge in [0.1, 0.15) is 5.75 Å². The Morgan fingerprint density at radius 3 is 2.09 bits per heavy atom. The average Bonchev–Trinajstić information content (AvgIpc) is 2.52. The van der Waals surface area contributed by atoms with Gasteiger partial charge in [-0.3, -0.25) is 4.79 Å². The lowest BCUT2D eigenvalue weighted by atomic mass is 10.0. The van der Waals surface area contributed by atoms with Crippen LogP contribution in [0.4, 0.5) is 0 Å². The van der Waals surface area contributed by atoms with E-state index in [1.54, 1.807) is 33.5 Å². The highest BCUT2D eigenvalue weighted by molar-refractivity contribution is 5.74. The van der Waals surface area contributed by atoms with Crippen LogP contribution in [0, 0.1) is 6.07 Å². The standard InChI is InChI=1S/C17H17O5/c1-11(18)22-14-7-5-6-12(8-14)13-9-15(19-2)17(21-4)16(10-13)20-3/h5-6,8-10H,1-4H3. The molecular formula is C17H17O5. The van der Waals surface area contributed by atoms with Gasteiger partial charge in [-0.1, -0.05) is 6.07 Å². The molecular weight excluding hydrogens is 284 g/mol. The van der Waals surface area contributed by atoms with E-state index in [1.807, 2.05) is 18.2 Å². The normalized spacial score (nSPS) is 10.0. The fraction of sp³-hybridized carbons (Fsp3) is 0.235. The van der Waals surface area contributed by atoms with Crippen LogP contribution in [-0.2, 0) is 4.79 Å². The van der Waals surface area contributed by atoms with Gasteiger partial charge in [0.2, 0.25) is 5.75 Å². The highest BCUT2D eigenvalue weighted by Crippen LogP contribution is 2.41. The zero-order valence-electron chi connectivity index (χ0n) is 12.9. The summed E-state index contributed by atoms with van der Waals surface area (Å²) in [6.45, 7) is 1.35. The van der Waals surface area contributed by atoms with Crippen molar-refractivity contribution in [1.82, 2.24) is 0 Å². The molecule has 0 aliphatic heterocycles. The van der Waals surface area contributed by atoms with E-state index in [9.17, 15) is 4.79 Å². The Kier molecular flexibility index (Phi) is 4.88. The summed E-state index contributed by atoms with van der Waals surface area (Å²) in [5.41, 5.74) is 1.69. The summed E-state index contributed by atoms with van der Waals surface area (Å²) in [5, 5.41) is 0. The third kappa shape index (κ3) is 3.31. The second-order valence-corrected chi connectivity index (χ2v) is 4.45. The second-order valence-electron chi connectivity index (χ2n) is 4.45. The van der Waals surface area contributed by atoms with E-state index in [-0.39, 0.29) is 0 Å². The summed E-state index contributed by atoms with van der Waals surface area (Å²) < 4.78 is 21.0. The third-order valence-corrected chi connectivity index (χ3v) is 3.03. The largest absolute Gasteiger partial charge is 0.493 e. The van der Waals surface area contributed by atoms with Crippen molar-refractivity contribution in [3.8, 4) is 34.1 Å². The minimum atomic E-state index is -0.390. The van der Waals surface area contributed by atoms with E-state index in [4.69, 9.17) is 18.9 Å². The Morgan fingerprint density at radius 2 is 1.59 bits per heavy atom. The van der Waals surface area contributed by atoms with Crippen molar-refractivity contribution < 1.29 is 23.7 Å². The zero-order valence-corrected chi connectivity index (χ0v) is 12.9. The molecule has 0 aliphatic rings. The van der Waals surface area contributed by atoms with Gasteiger partial charge in [-0.25, -0.2) is 0 Å². The lowest BCUT2D eigenvalue weighted by Gasteiger charge is -2.14. The molecule has 2 aromatic rings. The van der Waals surface area contributed by atoms with E-state index in [2.05, 4.69) is 6.07 Å². The monoisotopic (exact) mass is 301 g/mol. The van der Waals surface area contributed by atoms with Crippen LogP contribution in [0.25, 0.3) is 11.1 Å². The molecule has 0 aromatic heterocycles. The van der Waals surface area contributed by atoms with Gasteiger partial charge in [-0.05, 0) is 35.4 Å². The molecule has 2 aromatic carbocycles. The van der Waals surface area contributed by atoms with E-state index in [0.717, 1.165) is 11.1 Å². The van der Waals surface area contributed by atoms with E-state index < -0.39 is 5.97 Å². The summed E-state index contributed by atoms with van der Waals surface area (Å²) >= 11 is 0. The first-order chi connectivity index (χ1) is 10.6. The number of methoxy groups -OCH3 is 3. The first-order valence-electron chi connectivity index (χ1n) is 6.59. The van der Waals surface area contributed by atoms with Crippen LogP contribution in [0.5, 0.6) is 23.0 Å². The Morgan fingerprint density at radius 1 is 0.955 bits per heavy atom. The molecule has 0 bridgehead atoms. The van der Waals surface area contributed by atoms with Gasteiger partial charge in [0.25, 0.3) is 0 Å². The molecule has 0 aliphatic carbocycles. The van der Waals surface area contributed by atoms with Crippen molar-refractivity contribution in [2.75, 3.05) is 21.3 Å². The maximum atomic E-state index is 11.0. The van der Waals surface area contributed by atoms with Crippen LogP contribution in [-0.4, -0.2) is 27.3 Å². The average molecular weight is 301 g/mol. The number of benzene rings is 2. The molecule has 0 unspecified atom stereocenters. The molecule has 0 saturated heterocycles. The number of rotatable bonds is 5. The minimum absolute atomic E-state index is 0.360. The third-order valence-electron chi connectivity index (χ3n) is 3.03. The van der Waals surface area contributed by atoms with Gasteiger partial charge < -0.3 is 18.9 Å². The van der Waals surface area contributed by atoms with Gasteiger partial charge in [-0.15, -0.1) is 0 Å². The van der Waals surface area contributed by atoms with Crippen molar-refractivity contribution in [2.24, 2.45) is 0 Å². The van der Waals surface area contributed by atoms with Gasteiger partial charge in [0, 0.05) is 13.0 Å². The van der Waals surface area contributed by atoms with Crippen molar-refractivity contribution in [2.45, 2.75) is 6.92 Å². The van der Waals surface area contributed by atoms with Crippen molar-refractivity contribution in [1.29, 1.82) is 0 Å². The van der Waals surface area contributed by atoms with Crippen LogP contribution in [0.15, 0.2) is 30.3 Å². The summed E-state index contributed by atoms with van der Waals surface area (Å²) in [6, 6.07) is 11.8. The smallest absolute Gasteiger partial charge is 0.308 e. The van der Waals surface area contributed by atoms with Gasteiger partial charge in [0.15, 0.2) is 11.5 Å². The summed E-state index contributed by atoms with van der Waals surface area (Å²) in [4.78, 5) is 11.0. The van der Waals surface area contributed by atoms with Crippen LogP contribution in [0.2, 0.25) is 0 Å². The Hall–Kier alpha value is -2.69. The molecule has 0 N–H and O–H groups in total. The first-order valence-corrected chi connectivity index (χ1v) is 6.59. The molecule has 5 heteroatoms. The number of carbonyl (C=O) groups is 1. The molecule has 5 nitrogen and oxygen atoms in total. The molecule has 0 fully saturated rings. The lowest BCUT2D eigenvalue weighted by Crippen LogP contribution is -2.01. The van der Waals surface area contributed by atoms with Crippen molar-refractivity contribution >= 4 is 5.97 Å². The van der Waals surface area contributed by atoms with Gasteiger partial charge in [0.05, 0.1) is 21.3 Å². The molecule has 0 amide bonds. The molecule has 1 radical (unpaired) electrons. The molecule has 0 spiro atoms. The lowest BCUT2D eigenvalue weighted by molar-refractivity contribution is -0.131. The predicted molar refractivity (Wildman–Crippen MR) is 81.7 cm³/mol. The maximum absolute atomic E-state index is 11.0. The second kappa shape index (κ2) is 6.85. The minimum Gasteiger partial charge on any atom is -0.493 e. The highest BCUT2D eigenvalue weighted by Gasteiger charge is 2.14. The Bertz CT molecular complexity index is 653. The zero-order chi connectivity index (χ0) is 16.1. The predicted octanol–water partition coefficient (Wildman–Crippen LogP) is 3.10. The quantitative estimate of drug-likeness (QED) is 0.627. The van der Waals surface area contributed by atoms with E-state index in [1.165, 1.54) is 6.92 Å². The molecule has 2 rings (SSSR count). The van der Waals surface area contributed by atoms with Gasteiger partial charge in [-0.2, -0.15) is 0 Å². The molecule has 115 valence electrons. The summed E-state index contributed by atoms with van der Waals surface area (Å²) in [6.07, 6.45) is 0. The highest BCUT2D eigenvalue weighted by atomic mass is 16.5. The number of esters is 1. The van der Waals surface area contributed by atoms with Crippen LogP contribution in [0.1, 0.15) is 6.92 Å².